The highest BCUT2D eigenvalue weighted by Crippen LogP contribution is 2.28. The Bertz CT molecular complexity index is 1140. The summed E-state index contributed by atoms with van der Waals surface area (Å²) in [4.78, 5) is 51.4. The molecule has 4 rings (SSSR count). The van der Waals surface area contributed by atoms with Crippen molar-refractivity contribution in [3.63, 3.8) is 0 Å². The highest BCUT2D eigenvalue weighted by atomic mass is 16.5. The molecule has 2 aromatic carbocycles. The first kappa shape index (κ1) is 24.0. The van der Waals surface area contributed by atoms with Crippen LogP contribution in [0, 0.1) is 0 Å². The maximum atomic E-state index is 12.8. The average Bonchev–Trinajstić information content (AvgIpc) is 3.27. The largest absolute Gasteiger partial charge is 0.463 e. The zero-order valence-corrected chi connectivity index (χ0v) is 19.4. The van der Waals surface area contributed by atoms with Gasteiger partial charge in [-0.25, -0.2) is 14.4 Å². The van der Waals surface area contributed by atoms with Crippen LogP contribution in [0.1, 0.15) is 47.3 Å². The summed E-state index contributed by atoms with van der Waals surface area (Å²) in [6.07, 6.45) is 1.44. The molecule has 9 heteroatoms. The number of nitrogens with one attached hydrogen (secondary N) is 2. The van der Waals surface area contributed by atoms with E-state index in [2.05, 4.69) is 10.6 Å². The Balaban J connectivity index is 1.49. The zero-order valence-electron chi connectivity index (χ0n) is 19.4. The van der Waals surface area contributed by atoms with Crippen molar-refractivity contribution in [2.45, 2.75) is 32.4 Å². The van der Waals surface area contributed by atoms with Crippen LogP contribution in [0.25, 0.3) is 0 Å². The van der Waals surface area contributed by atoms with Crippen LogP contribution in [-0.4, -0.2) is 48.5 Å². The topological polar surface area (TPSA) is 114 Å². The van der Waals surface area contributed by atoms with Gasteiger partial charge in [-0.05, 0) is 36.6 Å². The van der Waals surface area contributed by atoms with E-state index < -0.39 is 24.0 Å². The first-order valence-corrected chi connectivity index (χ1v) is 11.5. The molecule has 1 atom stereocenters. The molecule has 2 heterocycles. The molecule has 35 heavy (non-hydrogen) atoms. The van der Waals surface area contributed by atoms with E-state index in [9.17, 15) is 19.2 Å². The van der Waals surface area contributed by atoms with Crippen LogP contribution in [0.2, 0.25) is 0 Å². The number of carbonyl (C=O) groups excluding carboxylic acids is 4. The molecular weight excluding hydrogens is 450 g/mol. The number of hydrogen-bond donors (Lipinski definition) is 2. The molecule has 0 unspecified atom stereocenters. The van der Waals surface area contributed by atoms with Gasteiger partial charge in [0.1, 0.15) is 6.61 Å². The lowest BCUT2D eigenvalue weighted by atomic mass is 9.95. The normalized spacial score (nSPS) is 17.6. The Kier molecular flexibility index (Phi) is 7.45. The van der Waals surface area contributed by atoms with Crippen molar-refractivity contribution < 1.29 is 28.7 Å². The summed E-state index contributed by atoms with van der Waals surface area (Å²) in [7, 11) is 0. The summed E-state index contributed by atoms with van der Waals surface area (Å²) in [5, 5.41) is 5.31. The smallest absolute Gasteiger partial charge is 0.338 e. The molecule has 2 N–H and O–H groups in total. The van der Waals surface area contributed by atoms with E-state index in [4.69, 9.17) is 9.47 Å². The number of esters is 2. The van der Waals surface area contributed by atoms with Gasteiger partial charge in [0.05, 0.1) is 29.5 Å². The number of nitrogens with zero attached hydrogens (tertiary/aromatic N) is 1. The van der Waals surface area contributed by atoms with Gasteiger partial charge in [-0.15, -0.1) is 0 Å². The zero-order chi connectivity index (χ0) is 24.8. The van der Waals surface area contributed by atoms with Gasteiger partial charge in [0.15, 0.2) is 0 Å². The summed E-state index contributed by atoms with van der Waals surface area (Å²) >= 11 is 0. The fraction of sp³-hybridized carbons (Fsp3) is 0.308. The summed E-state index contributed by atoms with van der Waals surface area (Å²) in [6.45, 7) is 2.77. The Hall–Kier alpha value is -4.14. The Morgan fingerprint density at radius 3 is 2.40 bits per heavy atom. The third kappa shape index (κ3) is 5.68. The number of rotatable bonds is 8. The molecule has 0 bridgehead atoms. The lowest BCUT2D eigenvalue weighted by Crippen LogP contribution is -2.47. The van der Waals surface area contributed by atoms with Crippen LogP contribution in [0.4, 0.5) is 4.79 Å². The van der Waals surface area contributed by atoms with E-state index in [-0.39, 0.29) is 30.4 Å². The highest BCUT2D eigenvalue weighted by molar-refractivity contribution is 5.95. The fourth-order valence-electron chi connectivity index (χ4n) is 4.14. The molecule has 0 spiro atoms. The van der Waals surface area contributed by atoms with E-state index in [0.29, 0.717) is 24.1 Å². The number of benzene rings is 2. The average molecular weight is 478 g/mol. The van der Waals surface area contributed by atoms with Gasteiger partial charge >= 0.3 is 18.0 Å². The minimum absolute atomic E-state index is 0.136. The number of amides is 3. The molecule has 2 aliphatic heterocycles. The number of hydrogen-bond acceptors (Lipinski definition) is 6. The lowest BCUT2D eigenvalue weighted by Gasteiger charge is -2.29. The van der Waals surface area contributed by atoms with E-state index in [0.717, 1.165) is 18.5 Å². The lowest BCUT2D eigenvalue weighted by molar-refractivity contribution is -0.139. The number of urea groups is 1. The molecule has 2 aliphatic rings. The first-order chi connectivity index (χ1) is 17.0. The van der Waals surface area contributed by atoms with Crippen molar-refractivity contribution >= 4 is 23.9 Å². The molecular formula is C26H27N3O6. The summed E-state index contributed by atoms with van der Waals surface area (Å²) < 4.78 is 10.6. The number of ether oxygens (including phenoxy) is 2. The van der Waals surface area contributed by atoms with Gasteiger partial charge in [-0.1, -0.05) is 42.5 Å². The van der Waals surface area contributed by atoms with Gasteiger partial charge in [-0.3, -0.25) is 4.79 Å². The van der Waals surface area contributed by atoms with Crippen LogP contribution in [0.15, 0.2) is 65.9 Å². The van der Waals surface area contributed by atoms with Crippen molar-refractivity contribution in [1.82, 2.24) is 15.5 Å². The van der Waals surface area contributed by atoms with Crippen molar-refractivity contribution in [1.29, 1.82) is 0 Å². The molecule has 0 aliphatic carbocycles. The van der Waals surface area contributed by atoms with Gasteiger partial charge < -0.3 is 25.0 Å². The molecule has 0 radical (unpaired) electrons. The van der Waals surface area contributed by atoms with Crippen LogP contribution in [0.5, 0.6) is 0 Å². The predicted octanol–water partition coefficient (Wildman–Crippen LogP) is 2.84. The Morgan fingerprint density at radius 2 is 1.74 bits per heavy atom. The van der Waals surface area contributed by atoms with E-state index in [1.54, 1.807) is 60.4 Å². The van der Waals surface area contributed by atoms with E-state index in [1.807, 2.05) is 6.07 Å². The third-order valence-electron chi connectivity index (χ3n) is 5.86. The number of likely N-dealkylation sites (tertiary alicyclic amines) is 1. The quantitative estimate of drug-likeness (QED) is 0.565. The monoisotopic (exact) mass is 477 g/mol. The van der Waals surface area contributed by atoms with Crippen LogP contribution < -0.4 is 10.6 Å². The van der Waals surface area contributed by atoms with Crippen molar-refractivity contribution in [3.05, 3.63) is 82.6 Å². The van der Waals surface area contributed by atoms with Crippen LogP contribution in [0.3, 0.4) is 0 Å². The molecule has 2 aromatic rings. The molecule has 9 nitrogen and oxygen atoms in total. The Morgan fingerprint density at radius 1 is 1.00 bits per heavy atom. The standard InChI is InChI=1S/C26H27N3O6/c1-2-34-25(32)22-20(27-26(33)28-23(22)18-7-4-3-5-8-18)16-35-24(31)19-12-10-17(11-13-19)15-29-14-6-9-21(29)30/h3-5,7-8,10-13,23H,2,6,9,14-16H2,1H3,(H2,27,28,33)/t23-/m0/s1. The van der Waals surface area contributed by atoms with Gasteiger partial charge in [0.25, 0.3) is 0 Å². The second-order valence-corrected chi connectivity index (χ2v) is 8.25. The summed E-state index contributed by atoms with van der Waals surface area (Å²) in [5.74, 6) is -1.08. The molecule has 3 amide bonds. The second-order valence-electron chi connectivity index (χ2n) is 8.25. The maximum Gasteiger partial charge on any atom is 0.338 e. The van der Waals surface area contributed by atoms with E-state index in [1.165, 1.54) is 0 Å². The molecule has 0 aromatic heterocycles. The minimum Gasteiger partial charge on any atom is -0.463 e. The molecule has 0 saturated carbocycles. The van der Waals surface area contributed by atoms with Crippen molar-refractivity contribution in [3.8, 4) is 0 Å². The van der Waals surface area contributed by atoms with Crippen LogP contribution >= 0.6 is 0 Å². The Labute approximate surface area is 203 Å². The maximum absolute atomic E-state index is 12.8. The predicted molar refractivity (Wildman–Crippen MR) is 126 cm³/mol. The molecule has 1 saturated heterocycles. The summed E-state index contributed by atoms with van der Waals surface area (Å²) in [6, 6.07) is 14.6. The van der Waals surface area contributed by atoms with Gasteiger partial charge in [-0.2, -0.15) is 0 Å². The fourth-order valence-corrected chi connectivity index (χ4v) is 4.14. The highest BCUT2D eigenvalue weighted by Gasteiger charge is 2.34. The van der Waals surface area contributed by atoms with E-state index >= 15 is 0 Å². The first-order valence-electron chi connectivity index (χ1n) is 11.5. The van der Waals surface area contributed by atoms with Crippen molar-refractivity contribution in [2.75, 3.05) is 19.8 Å². The van der Waals surface area contributed by atoms with Crippen molar-refractivity contribution in [2.24, 2.45) is 0 Å². The van der Waals surface area contributed by atoms with Gasteiger partial charge in [0.2, 0.25) is 5.91 Å². The molecule has 182 valence electrons. The van der Waals surface area contributed by atoms with Gasteiger partial charge in [0, 0.05) is 19.5 Å². The summed E-state index contributed by atoms with van der Waals surface area (Å²) in [5.41, 5.74) is 2.27. The second kappa shape index (κ2) is 10.9. The molecule has 1 fully saturated rings. The SMILES string of the molecule is CCOC(=O)C1=C(COC(=O)c2ccc(CN3CCCC3=O)cc2)NC(=O)N[C@H]1c1ccccc1. The number of carbonyl (C=O) groups is 4. The minimum atomic E-state index is -0.745. The van der Waals surface area contributed by atoms with Crippen LogP contribution in [-0.2, 0) is 25.6 Å². The third-order valence-corrected chi connectivity index (χ3v) is 5.86.